The summed E-state index contributed by atoms with van der Waals surface area (Å²) in [6, 6.07) is 18.5. The monoisotopic (exact) mass is 324 g/mol. The summed E-state index contributed by atoms with van der Waals surface area (Å²) < 4.78 is 0. The van der Waals surface area contributed by atoms with Gasteiger partial charge in [0.15, 0.2) is 0 Å². The molecule has 0 radical (unpaired) electrons. The van der Waals surface area contributed by atoms with Crippen molar-refractivity contribution < 1.29 is 15.0 Å². The molecule has 0 bridgehead atoms. The van der Waals surface area contributed by atoms with Crippen molar-refractivity contribution in [1.29, 1.82) is 0 Å². The molecule has 0 amide bonds. The van der Waals surface area contributed by atoms with Crippen LogP contribution in [0.1, 0.15) is 43.2 Å². The maximum absolute atomic E-state index is 12.2. The molecule has 0 aliphatic heterocycles. The molecular weight excluding hydrogens is 300 g/mol. The highest BCUT2D eigenvalue weighted by atomic mass is 16.4. The largest absolute Gasteiger partial charge is 0.481 e. The van der Waals surface area contributed by atoms with E-state index in [9.17, 15) is 15.0 Å². The van der Waals surface area contributed by atoms with Crippen molar-refractivity contribution in [2.75, 3.05) is 0 Å². The van der Waals surface area contributed by atoms with E-state index in [0.29, 0.717) is 11.1 Å². The molecule has 0 unspecified atom stereocenters. The maximum Gasteiger partial charge on any atom is 0.310 e. The van der Waals surface area contributed by atoms with E-state index in [-0.39, 0.29) is 5.92 Å². The Hall–Kier alpha value is -2.13. The number of aliphatic carboxylic acids is 1. The molecule has 3 nitrogen and oxygen atoms in total. The minimum Gasteiger partial charge on any atom is -0.481 e. The molecule has 0 heterocycles. The van der Waals surface area contributed by atoms with Crippen LogP contribution >= 0.6 is 0 Å². The van der Waals surface area contributed by atoms with Crippen molar-refractivity contribution in [3.8, 4) is 0 Å². The number of carboxylic acids is 1. The van der Waals surface area contributed by atoms with Gasteiger partial charge in [-0.25, -0.2) is 0 Å². The van der Waals surface area contributed by atoms with E-state index in [1.165, 1.54) is 0 Å². The first-order valence-corrected chi connectivity index (χ1v) is 8.70. The first-order chi connectivity index (χ1) is 11.6. The Morgan fingerprint density at radius 3 is 1.75 bits per heavy atom. The summed E-state index contributed by atoms with van der Waals surface area (Å²) in [5.41, 5.74) is -0.223. The zero-order valence-electron chi connectivity index (χ0n) is 13.8. The lowest BCUT2D eigenvalue weighted by atomic mass is 9.67. The second-order valence-corrected chi connectivity index (χ2v) is 6.71. The van der Waals surface area contributed by atoms with Gasteiger partial charge in [0, 0.05) is 0 Å². The highest BCUT2D eigenvalue weighted by Crippen LogP contribution is 2.45. The molecular formula is C21H24O3. The molecule has 3 rings (SSSR count). The van der Waals surface area contributed by atoms with Gasteiger partial charge >= 0.3 is 5.97 Å². The fourth-order valence-electron chi connectivity index (χ4n) is 4.10. The molecule has 2 aromatic rings. The van der Waals surface area contributed by atoms with Crippen LogP contribution in [0.2, 0.25) is 0 Å². The van der Waals surface area contributed by atoms with Crippen LogP contribution in [0.3, 0.4) is 0 Å². The lowest BCUT2D eigenvalue weighted by Crippen LogP contribution is -2.45. The number of hydrogen-bond acceptors (Lipinski definition) is 2. The summed E-state index contributed by atoms with van der Waals surface area (Å²) in [5, 5.41) is 21.8. The molecule has 0 aromatic heterocycles. The average Bonchev–Trinajstić information content (AvgIpc) is 2.64. The normalized spacial score (nSPS) is 17.4. The van der Waals surface area contributed by atoms with Gasteiger partial charge in [-0.3, -0.25) is 4.79 Å². The third kappa shape index (κ3) is 3.09. The quantitative estimate of drug-likeness (QED) is 0.866. The Morgan fingerprint density at radius 2 is 1.33 bits per heavy atom. The number of benzene rings is 2. The van der Waals surface area contributed by atoms with Crippen molar-refractivity contribution in [3.05, 3.63) is 71.8 Å². The number of carbonyl (C=O) groups is 1. The number of carboxylic acid groups (broad SMARTS) is 1. The van der Waals surface area contributed by atoms with E-state index in [1.807, 2.05) is 60.7 Å². The molecule has 1 aliphatic rings. The molecule has 1 aliphatic carbocycles. The van der Waals surface area contributed by atoms with E-state index in [2.05, 4.69) is 0 Å². The van der Waals surface area contributed by atoms with Gasteiger partial charge in [0.2, 0.25) is 0 Å². The van der Waals surface area contributed by atoms with Crippen molar-refractivity contribution in [3.63, 3.8) is 0 Å². The van der Waals surface area contributed by atoms with Crippen molar-refractivity contribution in [2.24, 2.45) is 11.8 Å². The van der Waals surface area contributed by atoms with E-state index >= 15 is 0 Å². The lowest BCUT2D eigenvalue weighted by molar-refractivity contribution is -0.155. The second-order valence-electron chi connectivity index (χ2n) is 6.71. The SMILES string of the molecule is O=C(O)[C@H](C1CCCCC1)C(O)(c1ccccc1)c1ccccc1. The van der Waals surface area contributed by atoms with Crippen LogP contribution in [0.15, 0.2) is 60.7 Å². The topological polar surface area (TPSA) is 57.5 Å². The van der Waals surface area contributed by atoms with E-state index in [4.69, 9.17) is 0 Å². The third-order valence-electron chi connectivity index (χ3n) is 5.27. The van der Waals surface area contributed by atoms with Crippen molar-refractivity contribution >= 4 is 5.97 Å². The van der Waals surface area contributed by atoms with Gasteiger partial charge in [0.25, 0.3) is 0 Å². The van der Waals surface area contributed by atoms with Crippen LogP contribution in [-0.2, 0) is 10.4 Å². The van der Waals surface area contributed by atoms with E-state index in [0.717, 1.165) is 32.1 Å². The minimum atomic E-state index is -1.52. The van der Waals surface area contributed by atoms with Gasteiger partial charge in [-0.1, -0.05) is 79.9 Å². The van der Waals surface area contributed by atoms with Crippen LogP contribution in [0.25, 0.3) is 0 Å². The fraction of sp³-hybridized carbons (Fsp3) is 0.381. The highest BCUT2D eigenvalue weighted by molar-refractivity contribution is 5.74. The summed E-state index contributed by atoms with van der Waals surface area (Å²) in [7, 11) is 0. The van der Waals surface area contributed by atoms with Gasteiger partial charge in [0.05, 0.1) is 5.92 Å². The summed E-state index contributed by atoms with van der Waals surface area (Å²) in [5.74, 6) is -1.78. The van der Waals surface area contributed by atoms with Crippen LogP contribution in [0, 0.1) is 11.8 Å². The first-order valence-electron chi connectivity index (χ1n) is 8.70. The van der Waals surface area contributed by atoms with Crippen molar-refractivity contribution in [1.82, 2.24) is 0 Å². The maximum atomic E-state index is 12.2. The Kier molecular flexibility index (Phi) is 5.00. The van der Waals surface area contributed by atoms with E-state index in [1.54, 1.807) is 0 Å². The standard InChI is InChI=1S/C21H24O3/c22-20(23)19(16-10-4-1-5-11-16)21(24,17-12-6-2-7-13-17)18-14-8-3-9-15-18/h2-3,6-9,12-16,19,24H,1,4-5,10-11H2,(H,22,23)/t19-/m0/s1. The van der Waals surface area contributed by atoms with E-state index < -0.39 is 17.5 Å². The van der Waals surface area contributed by atoms with Crippen LogP contribution < -0.4 is 0 Å². The molecule has 0 saturated heterocycles. The summed E-state index contributed by atoms with van der Waals surface area (Å²) in [4.78, 5) is 12.2. The van der Waals surface area contributed by atoms with Gasteiger partial charge in [0.1, 0.15) is 5.60 Å². The second kappa shape index (κ2) is 7.18. The Balaban J connectivity index is 2.13. The smallest absolute Gasteiger partial charge is 0.310 e. The molecule has 1 fully saturated rings. The number of aliphatic hydroxyl groups is 1. The molecule has 126 valence electrons. The predicted octanol–water partition coefficient (Wildman–Crippen LogP) is 4.20. The zero-order chi connectivity index (χ0) is 17.0. The predicted molar refractivity (Wildman–Crippen MR) is 93.6 cm³/mol. The van der Waals surface area contributed by atoms with Gasteiger partial charge in [-0.05, 0) is 29.9 Å². The Labute approximate surface area is 143 Å². The Bertz CT molecular complexity index is 620. The Morgan fingerprint density at radius 1 is 0.875 bits per heavy atom. The van der Waals surface area contributed by atoms with Gasteiger partial charge in [-0.15, -0.1) is 0 Å². The molecule has 0 spiro atoms. The fourth-order valence-corrected chi connectivity index (χ4v) is 4.10. The molecule has 2 aromatic carbocycles. The van der Waals surface area contributed by atoms with Crippen molar-refractivity contribution in [2.45, 2.75) is 37.7 Å². The molecule has 1 atom stereocenters. The van der Waals surface area contributed by atoms with Gasteiger partial charge < -0.3 is 10.2 Å². The van der Waals surface area contributed by atoms with Crippen LogP contribution in [-0.4, -0.2) is 16.2 Å². The zero-order valence-corrected chi connectivity index (χ0v) is 13.8. The summed E-state index contributed by atoms with van der Waals surface area (Å²) in [6.07, 6.45) is 4.94. The average molecular weight is 324 g/mol. The first kappa shape index (κ1) is 16.7. The third-order valence-corrected chi connectivity index (χ3v) is 5.27. The summed E-state index contributed by atoms with van der Waals surface area (Å²) >= 11 is 0. The highest BCUT2D eigenvalue weighted by Gasteiger charge is 2.48. The van der Waals surface area contributed by atoms with Crippen LogP contribution in [0.5, 0.6) is 0 Å². The summed E-state index contributed by atoms with van der Waals surface area (Å²) in [6.45, 7) is 0. The lowest BCUT2D eigenvalue weighted by Gasteiger charge is -2.40. The molecule has 24 heavy (non-hydrogen) atoms. The molecule has 1 saturated carbocycles. The number of rotatable bonds is 5. The van der Waals surface area contributed by atoms with Crippen LogP contribution in [0.4, 0.5) is 0 Å². The number of hydrogen-bond donors (Lipinski definition) is 2. The molecule has 3 heteroatoms. The molecule has 2 N–H and O–H groups in total. The van der Waals surface area contributed by atoms with Gasteiger partial charge in [-0.2, -0.15) is 0 Å². The minimum absolute atomic E-state index is 0.0123.